The Hall–Kier alpha value is -2.71. The van der Waals surface area contributed by atoms with Crippen LogP contribution in [-0.4, -0.2) is 38.7 Å². The van der Waals surface area contributed by atoms with Crippen LogP contribution in [0.15, 0.2) is 82.6 Å². The molecular weight excluding hydrogens is 474 g/mol. The Labute approximate surface area is 205 Å². The number of sulfone groups is 1. The van der Waals surface area contributed by atoms with Gasteiger partial charge in [0, 0.05) is 17.6 Å². The third kappa shape index (κ3) is 6.67. The third-order valence-corrected chi connectivity index (χ3v) is 7.33. The van der Waals surface area contributed by atoms with E-state index in [-0.39, 0.29) is 28.0 Å². The van der Waals surface area contributed by atoms with Crippen molar-refractivity contribution >= 4 is 27.4 Å². The molecule has 0 saturated carbocycles. The SMILES string of the molecule is CCOC(=O)c1cccc(S(=O)(=O)c2ccc(C[C@@H](C)NC[C@@H](O)c3cccc(Cl)c3)cc2)c1. The van der Waals surface area contributed by atoms with Gasteiger partial charge in [-0.25, -0.2) is 13.2 Å². The van der Waals surface area contributed by atoms with Gasteiger partial charge in [-0.1, -0.05) is 41.9 Å². The van der Waals surface area contributed by atoms with Gasteiger partial charge in [-0.2, -0.15) is 0 Å². The fourth-order valence-electron chi connectivity index (χ4n) is 3.52. The molecule has 3 aromatic carbocycles. The fourth-order valence-corrected chi connectivity index (χ4v) is 5.02. The largest absolute Gasteiger partial charge is 0.462 e. The molecule has 6 nitrogen and oxygen atoms in total. The molecule has 0 amide bonds. The Balaban J connectivity index is 1.63. The van der Waals surface area contributed by atoms with Gasteiger partial charge in [0.2, 0.25) is 9.84 Å². The highest BCUT2D eigenvalue weighted by molar-refractivity contribution is 7.91. The maximum Gasteiger partial charge on any atom is 0.338 e. The number of halogens is 1. The number of benzene rings is 3. The van der Waals surface area contributed by atoms with Crippen molar-refractivity contribution in [1.82, 2.24) is 5.32 Å². The minimum atomic E-state index is -3.78. The molecule has 0 aliphatic rings. The number of esters is 1. The van der Waals surface area contributed by atoms with Crippen LogP contribution in [0.4, 0.5) is 0 Å². The van der Waals surface area contributed by atoms with Gasteiger partial charge < -0.3 is 15.2 Å². The van der Waals surface area contributed by atoms with Gasteiger partial charge in [0.25, 0.3) is 0 Å². The highest BCUT2D eigenvalue weighted by Gasteiger charge is 2.20. The Bertz CT molecular complexity index is 1230. The summed E-state index contributed by atoms with van der Waals surface area (Å²) < 4.78 is 31.0. The van der Waals surface area contributed by atoms with Crippen LogP contribution in [0, 0.1) is 0 Å². The van der Waals surface area contributed by atoms with E-state index < -0.39 is 21.9 Å². The predicted octanol–water partition coefficient (Wildman–Crippen LogP) is 4.60. The summed E-state index contributed by atoms with van der Waals surface area (Å²) in [6.07, 6.45) is -0.0277. The number of rotatable bonds is 10. The van der Waals surface area contributed by atoms with Crippen LogP contribution in [-0.2, 0) is 21.0 Å². The zero-order valence-electron chi connectivity index (χ0n) is 19.1. The summed E-state index contributed by atoms with van der Waals surface area (Å²) in [4.78, 5) is 12.1. The van der Waals surface area contributed by atoms with Crippen molar-refractivity contribution in [3.8, 4) is 0 Å². The minimum absolute atomic E-state index is 0.0378. The predicted molar refractivity (Wildman–Crippen MR) is 132 cm³/mol. The molecule has 0 aliphatic heterocycles. The Morgan fingerprint density at radius 3 is 2.41 bits per heavy atom. The number of ether oxygens (including phenoxy) is 1. The molecule has 0 radical (unpaired) electrons. The quantitative estimate of drug-likeness (QED) is 0.394. The van der Waals surface area contributed by atoms with Crippen LogP contribution in [0.5, 0.6) is 0 Å². The van der Waals surface area contributed by atoms with E-state index in [1.54, 1.807) is 49.4 Å². The van der Waals surface area contributed by atoms with Crippen molar-refractivity contribution < 1.29 is 23.1 Å². The molecule has 0 saturated heterocycles. The summed E-state index contributed by atoms with van der Waals surface area (Å²) in [7, 11) is -3.78. The molecule has 0 spiro atoms. The molecular formula is C26H28ClNO5S. The number of hydrogen-bond acceptors (Lipinski definition) is 6. The van der Waals surface area contributed by atoms with Gasteiger partial charge in [0.1, 0.15) is 0 Å². The lowest BCUT2D eigenvalue weighted by molar-refractivity contribution is 0.0526. The van der Waals surface area contributed by atoms with Gasteiger partial charge in [0.05, 0.1) is 28.1 Å². The first-order chi connectivity index (χ1) is 16.2. The monoisotopic (exact) mass is 501 g/mol. The molecule has 2 N–H and O–H groups in total. The highest BCUT2D eigenvalue weighted by atomic mass is 35.5. The van der Waals surface area contributed by atoms with Gasteiger partial charge in [-0.3, -0.25) is 0 Å². The molecule has 0 unspecified atom stereocenters. The first-order valence-corrected chi connectivity index (χ1v) is 12.8. The van der Waals surface area contributed by atoms with Crippen LogP contribution < -0.4 is 5.32 Å². The van der Waals surface area contributed by atoms with Crippen LogP contribution in [0.3, 0.4) is 0 Å². The number of nitrogens with one attached hydrogen (secondary N) is 1. The Kier molecular flexibility index (Phi) is 8.85. The molecule has 0 fully saturated rings. The van der Waals surface area contributed by atoms with E-state index in [9.17, 15) is 18.3 Å². The van der Waals surface area contributed by atoms with Crippen LogP contribution in [0.25, 0.3) is 0 Å². The molecule has 34 heavy (non-hydrogen) atoms. The van der Waals surface area contributed by atoms with Gasteiger partial charge in [0.15, 0.2) is 0 Å². The van der Waals surface area contributed by atoms with E-state index in [0.29, 0.717) is 18.0 Å². The first-order valence-electron chi connectivity index (χ1n) is 11.0. The smallest absolute Gasteiger partial charge is 0.338 e. The highest BCUT2D eigenvalue weighted by Crippen LogP contribution is 2.23. The molecule has 8 heteroatoms. The van der Waals surface area contributed by atoms with Crippen LogP contribution in [0.2, 0.25) is 5.02 Å². The minimum Gasteiger partial charge on any atom is -0.462 e. The topological polar surface area (TPSA) is 92.7 Å². The van der Waals surface area contributed by atoms with E-state index in [1.165, 1.54) is 24.3 Å². The number of hydrogen-bond donors (Lipinski definition) is 2. The average molecular weight is 502 g/mol. The summed E-state index contributed by atoms with van der Waals surface area (Å²) in [6, 6.07) is 19.7. The second kappa shape index (κ2) is 11.6. The summed E-state index contributed by atoms with van der Waals surface area (Å²) in [5, 5.41) is 14.2. The summed E-state index contributed by atoms with van der Waals surface area (Å²) in [5.74, 6) is -0.558. The lowest BCUT2D eigenvalue weighted by atomic mass is 10.1. The number of carbonyl (C=O) groups is 1. The normalized spacial score (nSPS) is 13.3. The zero-order chi connectivity index (χ0) is 24.7. The van der Waals surface area contributed by atoms with Crippen molar-refractivity contribution in [2.45, 2.75) is 42.2 Å². The second-order valence-corrected chi connectivity index (χ2v) is 10.4. The second-order valence-electron chi connectivity index (χ2n) is 7.98. The van der Waals surface area contributed by atoms with E-state index in [4.69, 9.17) is 16.3 Å². The van der Waals surface area contributed by atoms with E-state index in [0.717, 1.165) is 11.1 Å². The van der Waals surface area contributed by atoms with Gasteiger partial charge in [-0.15, -0.1) is 0 Å². The summed E-state index contributed by atoms with van der Waals surface area (Å²) in [5.41, 5.74) is 1.89. The maximum absolute atomic E-state index is 13.0. The number of carbonyl (C=O) groups excluding carboxylic acids is 1. The van der Waals surface area contributed by atoms with Crippen molar-refractivity contribution in [3.05, 3.63) is 94.5 Å². The van der Waals surface area contributed by atoms with Crippen molar-refractivity contribution in [3.63, 3.8) is 0 Å². The molecule has 2 atom stereocenters. The Morgan fingerprint density at radius 1 is 1.03 bits per heavy atom. The first kappa shape index (κ1) is 25.9. The summed E-state index contributed by atoms with van der Waals surface area (Å²) in [6.45, 7) is 4.27. The van der Waals surface area contributed by atoms with E-state index in [1.807, 2.05) is 13.0 Å². The van der Waals surface area contributed by atoms with Gasteiger partial charge in [-0.05, 0) is 73.9 Å². The molecule has 3 rings (SSSR count). The summed E-state index contributed by atoms with van der Waals surface area (Å²) >= 11 is 5.98. The third-order valence-electron chi connectivity index (χ3n) is 5.32. The van der Waals surface area contributed by atoms with Crippen molar-refractivity contribution in [2.75, 3.05) is 13.2 Å². The van der Waals surface area contributed by atoms with Crippen molar-refractivity contribution in [1.29, 1.82) is 0 Å². The molecule has 0 bridgehead atoms. The van der Waals surface area contributed by atoms with E-state index >= 15 is 0 Å². The molecule has 180 valence electrons. The van der Waals surface area contributed by atoms with Crippen LogP contribution in [0.1, 0.15) is 41.4 Å². The molecule has 0 heterocycles. The molecule has 0 aromatic heterocycles. The van der Waals surface area contributed by atoms with E-state index in [2.05, 4.69) is 5.32 Å². The number of aliphatic hydroxyl groups excluding tert-OH is 1. The average Bonchev–Trinajstić information content (AvgIpc) is 2.83. The zero-order valence-corrected chi connectivity index (χ0v) is 20.6. The molecule has 0 aliphatic carbocycles. The maximum atomic E-state index is 13.0. The Morgan fingerprint density at radius 2 is 1.74 bits per heavy atom. The van der Waals surface area contributed by atoms with Crippen molar-refractivity contribution in [2.24, 2.45) is 0 Å². The van der Waals surface area contributed by atoms with Crippen LogP contribution >= 0.6 is 11.6 Å². The lowest BCUT2D eigenvalue weighted by Crippen LogP contribution is -2.32. The standard InChI is InChI=1S/C26H28ClNO5S/c1-3-33-26(30)21-7-5-9-24(16-21)34(31,32)23-12-10-19(11-13-23)14-18(2)28-17-25(29)20-6-4-8-22(27)15-20/h4-13,15-16,18,25,28-29H,3,14,17H2,1-2H3/t18-,25-/m1/s1. The fraction of sp³-hybridized carbons (Fsp3) is 0.269. The lowest BCUT2D eigenvalue weighted by Gasteiger charge is -2.18. The number of aliphatic hydroxyl groups is 1. The van der Waals surface area contributed by atoms with Gasteiger partial charge >= 0.3 is 5.97 Å². The molecule has 3 aromatic rings.